The SMILES string of the molecule is CN=C(NCCc1sc(C)nc1C)N1CCC(C)(C)C1. The van der Waals surface area contributed by atoms with E-state index in [1.165, 1.54) is 17.0 Å². The summed E-state index contributed by atoms with van der Waals surface area (Å²) in [5.41, 5.74) is 1.58. The number of aromatic nitrogens is 1. The Morgan fingerprint density at radius 2 is 2.20 bits per heavy atom. The highest BCUT2D eigenvalue weighted by Gasteiger charge is 2.30. The van der Waals surface area contributed by atoms with Crippen LogP contribution in [0.25, 0.3) is 0 Å². The molecule has 4 nitrogen and oxygen atoms in total. The van der Waals surface area contributed by atoms with E-state index in [1.54, 1.807) is 11.3 Å². The van der Waals surface area contributed by atoms with E-state index in [2.05, 4.69) is 47.9 Å². The number of nitrogens with one attached hydrogen (secondary N) is 1. The van der Waals surface area contributed by atoms with E-state index in [1.807, 2.05) is 7.05 Å². The van der Waals surface area contributed by atoms with E-state index in [9.17, 15) is 0 Å². The van der Waals surface area contributed by atoms with Gasteiger partial charge < -0.3 is 10.2 Å². The van der Waals surface area contributed by atoms with Crippen LogP contribution >= 0.6 is 11.3 Å². The number of hydrogen-bond acceptors (Lipinski definition) is 3. The maximum Gasteiger partial charge on any atom is 0.193 e. The predicted molar refractivity (Wildman–Crippen MR) is 86.6 cm³/mol. The third-order valence-electron chi connectivity index (χ3n) is 3.82. The van der Waals surface area contributed by atoms with Gasteiger partial charge in [0.15, 0.2) is 5.96 Å². The monoisotopic (exact) mass is 294 g/mol. The number of aryl methyl sites for hydroxylation is 2. The summed E-state index contributed by atoms with van der Waals surface area (Å²) >= 11 is 1.80. The van der Waals surface area contributed by atoms with Gasteiger partial charge in [0.2, 0.25) is 0 Å². The lowest BCUT2D eigenvalue weighted by Gasteiger charge is -2.23. The Kier molecular flexibility index (Phi) is 4.68. The zero-order valence-corrected chi connectivity index (χ0v) is 14.1. The van der Waals surface area contributed by atoms with Gasteiger partial charge in [0.05, 0.1) is 10.7 Å². The summed E-state index contributed by atoms with van der Waals surface area (Å²) in [6.45, 7) is 11.9. The van der Waals surface area contributed by atoms with Gasteiger partial charge >= 0.3 is 0 Å². The molecule has 2 heterocycles. The molecule has 0 amide bonds. The molecule has 0 saturated carbocycles. The average Bonchev–Trinajstić information content (AvgIpc) is 2.87. The number of aliphatic imine (C=N–C) groups is 1. The molecule has 1 fully saturated rings. The van der Waals surface area contributed by atoms with Crippen molar-refractivity contribution in [3.8, 4) is 0 Å². The molecule has 0 unspecified atom stereocenters. The summed E-state index contributed by atoms with van der Waals surface area (Å²) in [4.78, 5) is 12.6. The second-order valence-electron chi connectivity index (χ2n) is 6.30. The van der Waals surface area contributed by atoms with E-state index in [-0.39, 0.29) is 0 Å². The van der Waals surface area contributed by atoms with Crippen molar-refractivity contribution >= 4 is 17.3 Å². The summed E-state index contributed by atoms with van der Waals surface area (Å²) in [6.07, 6.45) is 2.26. The maximum absolute atomic E-state index is 4.48. The van der Waals surface area contributed by atoms with Crippen LogP contribution in [0.4, 0.5) is 0 Å². The zero-order chi connectivity index (χ0) is 14.8. The second-order valence-corrected chi connectivity index (χ2v) is 7.59. The molecule has 1 aliphatic heterocycles. The van der Waals surface area contributed by atoms with Gasteiger partial charge in [-0.2, -0.15) is 0 Å². The normalized spacial score (nSPS) is 18.6. The van der Waals surface area contributed by atoms with Crippen LogP contribution in [0.3, 0.4) is 0 Å². The first kappa shape index (κ1) is 15.3. The molecule has 0 spiro atoms. The van der Waals surface area contributed by atoms with Gasteiger partial charge in [0.25, 0.3) is 0 Å². The molecule has 112 valence electrons. The van der Waals surface area contributed by atoms with Crippen molar-refractivity contribution in [3.63, 3.8) is 0 Å². The first-order chi connectivity index (χ1) is 9.41. The minimum absolute atomic E-state index is 0.406. The van der Waals surface area contributed by atoms with Gasteiger partial charge in [-0.1, -0.05) is 13.8 Å². The number of likely N-dealkylation sites (tertiary alicyclic amines) is 1. The molecule has 0 aliphatic carbocycles. The average molecular weight is 294 g/mol. The maximum atomic E-state index is 4.48. The minimum atomic E-state index is 0.406. The zero-order valence-electron chi connectivity index (χ0n) is 13.3. The molecule has 20 heavy (non-hydrogen) atoms. The fourth-order valence-electron chi connectivity index (χ4n) is 2.72. The van der Waals surface area contributed by atoms with Crippen molar-refractivity contribution in [1.82, 2.24) is 15.2 Å². The Hall–Kier alpha value is -1.10. The summed E-state index contributed by atoms with van der Waals surface area (Å²) in [5, 5.41) is 4.64. The lowest BCUT2D eigenvalue weighted by molar-refractivity contribution is 0.370. The topological polar surface area (TPSA) is 40.5 Å². The molecule has 0 radical (unpaired) electrons. The van der Waals surface area contributed by atoms with Crippen LogP contribution in [0.15, 0.2) is 4.99 Å². The van der Waals surface area contributed by atoms with E-state index >= 15 is 0 Å². The Bertz CT molecular complexity index is 490. The van der Waals surface area contributed by atoms with Crippen molar-refractivity contribution < 1.29 is 0 Å². The van der Waals surface area contributed by atoms with Gasteiger partial charge in [-0.15, -0.1) is 11.3 Å². The standard InChI is InChI=1S/C15H26N4S/c1-11-13(20-12(2)18-11)6-8-17-14(16-5)19-9-7-15(3,4)10-19/h6-10H2,1-5H3,(H,16,17). The van der Waals surface area contributed by atoms with Crippen LogP contribution in [0.5, 0.6) is 0 Å². The number of rotatable bonds is 3. The number of hydrogen-bond donors (Lipinski definition) is 1. The smallest absolute Gasteiger partial charge is 0.193 e. The van der Waals surface area contributed by atoms with Gasteiger partial charge in [-0.05, 0) is 25.7 Å². The molecular formula is C15H26N4S. The second kappa shape index (κ2) is 6.12. The van der Waals surface area contributed by atoms with Gasteiger partial charge in [0.1, 0.15) is 0 Å². The number of guanidine groups is 1. The van der Waals surface area contributed by atoms with Crippen LogP contribution in [-0.4, -0.2) is 42.5 Å². The first-order valence-electron chi connectivity index (χ1n) is 7.30. The fraction of sp³-hybridized carbons (Fsp3) is 0.733. The Balaban J connectivity index is 1.85. The molecule has 5 heteroatoms. The van der Waals surface area contributed by atoms with Gasteiger partial charge in [0, 0.05) is 38.0 Å². The largest absolute Gasteiger partial charge is 0.356 e. The highest BCUT2D eigenvalue weighted by molar-refractivity contribution is 7.11. The van der Waals surface area contributed by atoms with Crippen molar-refractivity contribution in [2.45, 2.75) is 40.5 Å². The molecule has 1 aromatic heterocycles. The van der Waals surface area contributed by atoms with E-state index in [0.717, 1.165) is 37.0 Å². The molecule has 0 atom stereocenters. The summed E-state index contributed by atoms with van der Waals surface area (Å²) in [6, 6.07) is 0. The Morgan fingerprint density at radius 1 is 1.45 bits per heavy atom. The first-order valence-corrected chi connectivity index (χ1v) is 8.11. The lowest BCUT2D eigenvalue weighted by Crippen LogP contribution is -2.41. The van der Waals surface area contributed by atoms with Crippen LogP contribution in [0, 0.1) is 19.3 Å². The molecule has 2 rings (SSSR count). The third kappa shape index (κ3) is 3.72. The summed E-state index contributed by atoms with van der Waals surface area (Å²) < 4.78 is 0. The quantitative estimate of drug-likeness (QED) is 0.688. The van der Waals surface area contributed by atoms with Crippen LogP contribution in [-0.2, 0) is 6.42 Å². The lowest BCUT2D eigenvalue weighted by atomic mass is 9.93. The molecule has 1 aromatic rings. The van der Waals surface area contributed by atoms with Gasteiger partial charge in [-0.25, -0.2) is 4.98 Å². The highest BCUT2D eigenvalue weighted by Crippen LogP contribution is 2.28. The van der Waals surface area contributed by atoms with Crippen molar-refractivity contribution in [3.05, 3.63) is 15.6 Å². The van der Waals surface area contributed by atoms with Crippen LogP contribution in [0.1, 0.15) is 35.8 Å². The number of nitrogens with zero attached hydrogens (tertiary/aromatic N) is 3. The van der Waals surface area contributed by atoms with E-state index in [0.29, 0.717) is 5.41 Å². The summed E-state index contributed by atoms with van der Waals surface area (Å²) in [5.74, 6) is 1.04. The number of thiazole rings is 1. The molecule has 1 aliphatic rings. The van der Waals surface area contributed by atoms with Crippen molar-refractivity contribution in [1.29, 1.82) is 0 Å². The van der Waals surface area contributed by atoms with Crippen molar-refractivity contribution in [2.75, 3.05) is 26.7 Å². The Morgan fingerprint density at radius 3 is 2.70 bits per heavy atom. The molecule has 0 aromatic carbocycles. The van der Waals surface area contributed by atoms with Crippen LogP contribution < -0.4 is 5.32 Å². The summed E-state index contributed by atoms with van der Waals surface area (Å²) in [7, 11) is 1.87. The van der Waals surface area contributed by atoms with Crippen LogP contribution in [0.2, 0.25) is 0 Å². The van der Waals surface area contributed by atoms with Crippen molar-refractivity contribution in [2.24, 2.45) is 10.4 Å². The molecule has 1 saturated heterocycles. The third-order valence-corrected chi connectivity index (χ3v) is 4.96. The molecular weight excluding hydrogens is 268 g/mol. The molecule has 1 N–H and O–H groups in total. The van der Waals surface area contributed by atoms with E-state index in [4.69, 9.17) is 0 Å². The fourth-order valence-corrected chi connectivity index (χ4v) is 3.66. The Labute approximate surface area is 126 Å². The van der Waals surface area contributed by atoms with E-state index < -0.39 is 0 Å². The minimum Gasteiger partial charge on any atom is -0.356 e. The van der Waals surface area contributed by atoms with Gasteiger partial charge in [-0.3, -0.25) is 4.99 Å². The highest BCUT2D eigenvalue weighted by atomic mass is 32.1. The predicted octanol–water partition coefficient (Wildman–Crippen LogP) is 2.61. The molecule has 0 bridgehead atoms.